The third-order valence-corrected chi connectivity index (χ3v) is 8.01. The van der Waals surface area contributed by atoms with Gasteiger partial charge in [-0.1, -0.05) is 12.8 Å². The molecular weight excluding hydrogens is 441 g/mol. The molecule has 1 saturated heterocycles. The number of benzene rings is 1. The maximum absolute atomic E-state index is 14.8. The molecule has 0 amide bonds. The van der Waals surface area contributed by atoms with Crippen molar-refractivity contribution in [3.05, 3.63) is 48.8 Å². The average molecular weight is 472 g/mol. The summed E-state index contributed by atoms with van der Waals surface area (Å²) in [6.45, 7) is 2.30. The van der Waals surface area contributed by atoms with E-state index in [1.165, 1.54) is 6.26 Å². The summed E-state index contributed by atoms with van der Waals surface area (Å²) in [7, 11) is -3.25. The van der Waals surface area contributed by atoms with E-state index in [2.05, 4.69) is 9.88 Å². The van der Waals surface area contributed by atoms with Gasteiger partial charge < -0.3 is 9.30 Å². The van der Waals surface area contributed by atoms with Gasteiger partial charge in [-0.2, -0.15) is 0 Å². The molecular formula is C25H30FN3O3S. The molecule has 0 N–H and O–H groups in total. The summed E-state index contributed by atoms with van der Waals surface area (Å²) in [5.74, 6) is 1.47. The maximum Gasteiger partial charge on any atom is 0.175 e. The Labute approximate surface area is 194 Å². The fourth-order valence-electron chi connectivity index (χ4n) is 5.08. The number of hydrogen-bond donors (Lipinski definition) is 0. The molecule has 1 aliphatic heterocycles. The minimum absolute atomic E-state index is 0.120. The van der Waals surface area contributed by atoms with E-state index in [0.29, 0.717) is 24.3 Å². The molecule has 33 heavy (non-hydrogen) atoms. The number of likely N-dealkylation sites (tertiary alicyclic amines) is 1. The summed E-state index contributed by atoms with van der Waals surface area (Å²) >= 11 is 0. The smallest absolute Gasteiger partial charge is 0.175 e. The Bertz CT molecular complexity index is 1230. The third kappa shape index (κ3) is 4.92. The first-order valence-corrected chi connectivity index (χ1v) is 13.5. The van der Waals surface area contributed by atoms with Gasteiger partial charge in [0.2, 0.25) is 0 Å². The zero-order valence-corrected chi connectivity index (χ0v) is 19.7. The molecule has 2 fully saturated rings. The van der Waals surface area contributed by atoms with Crippen LogP contribution in [0.1, 0.15) is 38.5 Å². The van der Waals surface area contributed by atoms with Crippen LogP contribution in [0.15, 0.2) is 53.7 Å². The normalized spacial score (nSPS) is 19.8. The molecule has 0 bridgehead atoms. The Morgan fingerprint density at radius 2 is 1.88 bits per heavy atom. The number of ether oxygens (including phenoxy) is 1. The Morgan fingerprint density at radius 3 is 2.55 bits per heavy atom. The molecule has 5 rings (SSSR count). The van der Waals surface area contributed by atoms with Gasteiger partial charge in [-0.05, 0) is 62.1 Å². The van der Waals surface area contributed by atoms with Gasteiger partial charge in [0.1, 0.15) is 23.3 Å². The zero-order chi connectivity index (χ0) is 23.1. The molecule has 6 nitrogen and oxygen atoms in total. The number of piperidine rings is 1. The van der Waals surface area contributed by atoms with Crippen LogP contribution in [0.5, 0.6) is 5.75 Å². The number of pyridine rings is 1. The van der Waals surface area contributed by atoms with Crippen LogP contribution in [0.3, 0.4) is 0 Å². The lowest BCUT2D eigenvalue weighted by molar-refractivity contribution is 0.0504. The van der Waals surface area contributed by atoms with Crippen LogP contribution < -0.4 is 4.74 Å². The highest BCUT2D eigenvalue weighted by atomic mass is 32.2. The topological polar surface area (TPSA) is 64.4 Å². The van der Waals surface area contributed by atoms with Gasteiger partial charge in [-0.25, -0.2) is 17.8 Å². The Kier molecular flexibility index (Phi) is 5.91. The van der Waals surface area contributed by atoms with Crippen LogP contribution in [0, 0.1) is 0 Å². The Balaban J connectivity index is 1.21. The van der Waals surface area contributed by atoms with Gasteiger partial charge >= 0.3 is 0 Å². The summed E-state index contributed by atoms with van der Waals surface area (Å²) < 4.78 is 46.5. The van der Waals surface area contributed by atoms with Crippen molar-refractivity contribution in [3.8, 4) is 11.6 Å². The van der Waals surface area contributed by atoms with E-state index in [1.54, 1.807) is 24.4 Å². The highest BCUT2D eigenvalue weighted by Gasteiger charge is 2.36. The van der Waals surface area contributed by atoms with Crippen molar-refractivity contribution in [2.24, 2.45) is 0 Å². The largest absolute Gasteiger partial charge is 0.489 e. The number of rotatable bonds is 6. The van der Waals surface area contributed by atoms with Gasteiger partial charge in [-0.3, -0.25) is 4.90 Å². The Morgan fingerprint density at radius 1 is 1.12 bits per heavy atom. The summed E-state index contributed by atoms with van der Waals surface area (Å²) in [5.41, 5.74) is -0.0912. The first kappa shape index (κ1) is 22.3. The average Bonchev–Trinajstić information content (AvgIpc) is 3.41. The lowest BCUT2D eigenvalue weighted by Crippen LogP contribution is -2.44. The monoisotopic (exact) mass is 471 g/mol. The minimum atomic E-state index is -3.25. The van der Waals surface area contributed by atoms with Gasteiger partial charge in [0.25, 0.3) is 0 Å². The standard InChI is InChI=1S/C25H30FN3O3S/c1-33(30,31)22-5-6-23-19(16-22)8-15-29(23)24-7-4-21(17-27-24)32-20-9-13-28(14-10-20)18-25(26)11-2-3-12-25/h4-8,15-17,20H,2-3,9-14,18H2,1H3. The van der Waals surface area contributed by atoms with Crippen LogP contribution >= 0.6 is 0 Å². The molecule has 8 heteroatoms. The fraction of sp³-hybridized carbons (Fsp3) is 0.480. The van der Waals surface area contributed by atoms with E-state index < -0.39 is 15.5 Å². The van der Waals surface area contributed by atoms with Crippen molar-refractivity contribution in [3.63, 3.8) is 0 Å². The number of aromatic nitrogens is 2. The molecule has 3 aromatic rings. The SMILES string of the molecule is CS(=O)(=O)c1ccc2c(ccn2-c2ccc(OC3CCN(CC4(F)CCCC4)CC3)cn2)c1. The molecule has 1 saturated carbocycles. The number of nitrogens with zero attached hydrogens (tertiary/aromatic N) is 3. The van der Waals surface area contributed by atoms with Crippen LogP contribution in [0.4, 0.5) is 4.39 Å². The van der Waals surface area contributed by atoms with E-state index in [-0.39, 0.29) is 6.10 Å². The van der Waals surface area contributed by atoms with Crippen LogP contribution in [-0.4, -0.2) is 60.5 Å². The Hall–Kier alpha value is -2.45. The lowest BCUT2D eigenvalue weighted by atomic mass is 10.0. The van der Waals surface area contributed by atoms with E-state index in [1.807, 2.05) is 29.0 Å². The van der Waals surface area contributed by atoms with E-state index in [4.69, 9.17) is 4.74 Å². The highest BCUT2D eigenvalue weighted by molar-refractivity contribution is 7.90. The number of sulfone groups is 1. The second kappa shape index (κ2) is 8.72. The molecule has 0 radical (unpaired) electrons. The van der Waals surface area contributed by atoms with E-state index >= 15 is 0 Å². The van der Waals surface area contributed by atoms with Gasteiger partial charge in [-0.15, -0.1) is 0 Å². The first-order valence-electron chi connectivity index (χ1n) is 11.6. The molecule has 0 spiro atoms. The van der Waals surface area contributed by atoms with E-state index in [9.17, 15) is 12.8 Å². The predicted octanol–water partition coefficient (Wildman–Crippen LogP) is 4.55. The molecule has 1 aromatic carbocycles. The number of fused-ring (bicyclic) bond motifs is 1. The summed E-state index contributed by atoms with van der Waals surface area (Å²) in [6, 6.07) is 10.8. The van der Waals surface area contributed by atoms with Crippen molar-refractivity contribution < 1.29 is 17.5 Å². The van der Waals surface area contributed by atoms with Crippen molar-refractivity contribution >= 4 is 20.7 Å². The van der Waals surface area contributed by atoms with Crippen LogP contribution in [-0.2, 0) is 9.84 Å². The summed E-state index contributed by atoms with van der Waals surface area (Å²) in [6.07, 6.45) is 10.2. The quantitative estimate of drug-likeness (QED) is 0.528. The van der Waals surface area contributed by atoms with Gasteiger partial charge in [0.05, 0.1) is 16.6 Å². The van der Waals surface area contributed by atoms with Gasteiger partial charge in [0, 0.05) is 37.5 Å². The molecule has 2 aliphatic rings. The minimum Gasteiger partial charge on any atom is -0.489 e. The number of alkyl halides is 1. The maximum atomic E-state index is 14.8. The predicted molar refractivity (Wildman–Crippen MR) is 127 cm³/mol. The number of halogens is 1. The zero-order valence-electron chi connectivity index (χ0n) is 18.9. The number of hydrogen-bond acceptors (Lipinski definition) is 5. The second-order valence-corrected chi connectivity index (χ2v) is 11.5. The highest BCUT2D eigenvalue weighted by Crippen LogP contribution is 2.35. The lowest BCUT2D eigenvalue weighted by Gasteiger charge is -2.35. The fourth-order valence-corrected chi connectivity index (χ4v) is 5.74. The van der Waals surface area contributed by atoms with Crippen LogP contribution in [0.25, 0.3) is 16.7 Å². The third-order valence-electron chi connectivity index (χ3n) is 6.90. The summed E-state index contributed by atoms with van der Waals surface area (Å²) in [4.78, 5) is 7.12. The van der Waals surface area contributed by atoms with Crippen molar-refractivity contribution in [1.82, 2.24) is 14.5 Å². The summed E-state index contributed by atoms with van der Waals surface area (Å²) in [5, 5.41) is 0.847. The van der Waals surface area contributed by atoms with Gasteiger partial charge in [0.15, 0.2) is 9.84 Å². The van der Waals surface area contributed by atoms with Crippen LogP contribution in [0.2, 0.25) is 0 Å². The molecule has 176 valence electrons. The molecule has 0 atom stereocenters. The molecule has 0 unspecified atom stereocenters. The van der Waals surface area contributed by atoms with Crippen molar-refractivity contribution in [2.75, 3.05) is 25.9 Å². The van der Waals surface area contributed by atoms with Crippen molar-refractivity contribution in [1.29, 1.82) is 0 Å². The molecule has 3 heterocycles. The molecule has 1 aliphatic carbocycles. The van der Waals surface area contributed by atoms with E-state index in [0.717, 1.165) is 61.2 Å². The molecule has 2 aromatic heterocycles. The second-order valence-electron chi connectivity index (χ2n) is 9.48. The van der Waals surface area contributed by atoms with Crippen molar-refractivity contribution in [2.45, 2.75) is 55.2 Å². The first-order chi connectivity index (χ1) is 15.8.